The summed E-state index contributed by atoms with van der Waals surface area (Å²) in [5, 5.41) is 16.7. The number of aliphatic hydroxyl groups is 1. The molecule has 1 saturated heterocycles. The summed E-state index contributed by atoms with van der Waals surface area (Å²) < 4.78 is 10.4. The monoisotopic (exact) mass is 483 g/mol. The van der Waals surface area contributed by atoms with Crippen molar-refractivity contribution in [3.63, 3.8) is 0 Å². The Hall–Kier alpha value is -0.770. The molecule has 1 aromatic rings. The second kappa shape index (κ2) is 11.1. The minimum absolute atomic E-state index is 0. The van der Waals surface area contributed by atoms with E-state index in [1.165, 1.54) is 0 Å². The third-order valence-electron chi connectivity index (χ3n) is 4.02. The molecular formula is C17H27ClIN3O3. The number of ether oxygens (including phenoxy) is 2. The van der Waals surface area contributed by atoms with E-state index in [0.717, 1.165) is 30.2 Å². The van der Waals surface area contributed by atoms with Gasteiger partial charge >= 0.3 is 0 Å². The lowest BCUT2D eigenvalue weighted by atomic mass is 9.87. The molecule has 1 aliphatic rings. The molecule has 6 nitrogen and oxygen atoms in total. The van der Waals surface area contributed by atoms with Crippen LogP contribution in [-0.2, 0) is 11.2 Å². The first-order chi connectivity index (χ1) is 11.6. The zero-order valence-electron chi connectivity index (χ0n) is 14.7. The maximum Gasteiger partial charge on any atom is 0.191 e. The molecule has 0 radical (unpaired) electrons. The van der Waals surface area contributed by atoms with Gasteiger partial charge in [0.25, 0.3) is 0 Å². The van der Waals surface area contributed by atoms with E-state index in [2.05, 4.69) is 15.6 Å². The van der Waals surface area contributed by atoms with Gasteiger partial charge in [-0.05, 0) is 31.0 Å². The average Bonchev–Trinajstić information content (AvgIpc) is 2.55. The van der Waals surface area contributed by atoms with E-state index in [0.29, 0.717) is 31.3 Å². The van der Waals surface area contributed by atoms with Crippen LogP contribution in [0.25, 0.3) is 0 Å². The van der Waals surface area contributed by atoms with Crippen LogP contribution in [0, 0.1) is 5.41 Å². The minimum Gasteiger partial charge on any atom is -0.497 e. The molecule has 0 atom stereocenters. The molecule has 0 spiro atoms. The van der Waals surface area contributed by atoms with Gasteiger partial charge in [0.1, 0.15) is 5.75 Å². The number of guanidine groups is 1. The predicted octanol–water partition coefficient (Wildman–Crippen LogP) is 2.07. The standard InChI is InChI=1S/C17H26ClN3O3.HI/c1-3-19-16(21-9-17(10-22)11-24-12-17)20-7-6-13-4-5-14(23-2)8-15(13)18;/h4-5,8,22H,3,6-7,9-12H2,1-2H3,(H2,19,20,21);1H. The molecule has 0 bridgehead atoms. The number of aliphatic imine (C=N–C) groups is 1. The van der Waals surface area contributed by atoms with Gasteiger partial charge in [-0.15, -0.1) is 24.0 Å². The number of nitrogens with one attached hydrogen (secondary N) is 2. The van der Waals surface area contributed by atoms with Crippen LogP contribution in [0.2, 0.25) is 5.02 Å². The zero-order valence-corrected chi connectivity index (χ0v) is 17.8. The van der Waals surface area contributed by atoms with Crippen molar-refractivity contribution in [3.8, 4) is 5.75 Å². The van der Waals surface area contributed by atoms with Crippen LogP contribution < -0.4 is 15.4 Å². The first-order valence-corrected chi connectivity index (χ1v) is 8.53. The summed E-state index contributed by atoms with van der Waals surface area (Å²) in [5.74, 6) is 1.49. The highest BCUT2D eigenvalue weighted by molar-refractivity contribution is 14.0. The fourth-order valence-corrected chi connectivity index (χ4v) is 2.65. The van der Waals surface area contributed by atoms with Crippen molar-refractivity contribution in [2.24, 2.45) is 10.4 Å². The third-order valence-corrected chi connectivity index (χ3v) is 4.37. The van der Waals surface area contributed by atoms with Crippen LogP contribution in [0.1, 0.15) is 12.5 Å². The second-order valence-corrected chi connectivity index (χ2v) is 6.39. The first kappa shape index (κ1) is 22.3. The highest BCUT2D eigenvalue weighted by Gasteiger charge is 2.37. The largest absolute Gasteiger partial charge is 0.497 e. The number of rotatable bonds is 8. The normalized spacial score (nSPS) is 15.8. The highest BCUT2D eigenvalue weighted by Crippen LogP contribution is 2.27. The van der Waals surface area contributed by atoms with Crippen molar-refractivity contribution < 1.29 is 14.6 Å². The molecule has 3 N–H and O–H groups in total. The molecule has 1 heterocycles. The van der Waals surface area contributed by atoms with E-state index in [9.17, 15) is 5.11 Å². The van der Waals surface area contributed by atoms with Crippen molar-refractivity contribution in [2.45, 2.75) is 13.3 Å². The molecule has 142 valence electrons. The van der Waals surface area contributed by atoms with Gasteiger partial charge in [0.15, 0.2) is 5.96 Å². The van der Waals surface area contributed by atoms with E-state index in [1.807, 2.05) is 25.1 Å². The molecular weight excluding hydrogens is 457 g/mol. The number of methoxy groups -OCH3 is 1. The lowest BCUT2D eigenvalue weighted by molar-refractivity contribution is -0.130. The van der Waals surface area contributed by atoms with E-state index in [1.54, 1.807) is 7.11 Å². The summed E-state index contributed by atoms with van der Waals surface area (Å²) >= 11 is 6.26. The van der Waals surface area contributed by atoms with Gasteiger partial charge < -0.3 is 25.2 Å². The first-order valence-electron chi connectivity index (χ1n) is 8.15. The Morgan fingerprint density at radius 1 is 1.40 bits per heavy atom. The fourth-order valence-electron chi connectivity index (χ4n) is 2.39. The molecule has 0 saturated carbocycles. The molecule has 0 aromatic heterocycles. The Balaban J connectivity index is 0.00000312. The van der Waals surface area contributed by atoms with E-state index in [-0.39, 0.29) is 36.0 Å². The Morgan fingerprint density at radius 2 is 2.16 bits per heavy atom. The van der Waals surface area contributed by atoms with Gasteiger partial charge in [0, 0.05) is 18.1 Å². The zero-order chi connectivity index (χ0) is 17.4. The number of benzene rings is 1. The van der Waals surface area contributed by atoms with Crippen molar-refractivity contribution in [1.29, 1.82) is 0 Å². The SMILES string of the molecule is CCNC(=NCC1(CO)COC1)NCCc1ccc(OC)cc1Cl.I. The predicted molar refractivity (Wildman–Crippen MR) is 111 cm³/mol. The second-order valence-electron chi connectivity index (χ2n) is 5.98. The van der Waals surface area contributed by atoms with Crippen molar-refractivity contribution in [1.82, 2.24) is 10.6 Å². The molecule has 1 aliphatic heterocycles. The van der Waals surface area contributed by atoms with Gasteiger partial charge in [-0.25, -0.2) is 0 Å². The van der Waals surface area contributed by atoms with E-state index >= 15 is 0 Å². The van der Waals surface area contributed by atoms with Gasteiger partial charge in [-0.1, -0.05) is 17.7 Å². The Bertz CT molecular complexity index is 563. The van der Waals surface area contributed by atoms with Crippen molar-refractivity contribution in [3.05, 3.63) is 28.8 Å². The maximum atomic E-state index is 9.46. The summed E-state index contributed by atoms with van der Waals surface area (Å²) in [5.41, 5.74) is 0.835. The molecule has 1 fully saturated rings. The molecule has 2 rings (SSSR count). The number of hydrogen-bond acceptors (Lipinski definition) is 4. The number of halogens is 2. The summed E-state index contributed by atoms with van der Waals surface area (Å²) in [4.78, 5) is 4.56. The Kier molecular flexibility index (Phi) is 9.84. The summed E-state index contributed by atoms with van der Waals surface area (Å²) in [6.45, 7) is 5.27. The number of nitrogens with zero attached hydrogens (tertiary/aromatic N) is 1. The van der Waals surface area contributed by atoms with Crippen LogP contribution in [0.4, 0.5) is 0 Å². The third kappa shape index (κ3) is 6.47. The molecule has 1 aromatic carbocycles. The van der Waals surface area contributed by atoms with Crippen molar-refractivity contribution in [2.75, 3.05) is 46.6 Å². The fraction of sp³-hybridized carbons (Fsp3) is 0.588. The molecule has 8 heteroatoms. The quantitative estimate of drug-likeness (QED) is 0.300. The van der Waals surface area contributed by atoms with Gasteiger partial charge in [-0.3, -0.25) is 4.99 Å². The minimum atomic E-state index is -0.221. The van der Waals surface area contributed by atoms with Crippen LogP contribution in [0.15, 0.2) is 23.2 Å². The van der Waals surface area contributed by atoms with Crippen molar-refractivity contribution >= 4 is 41.5 Å². The Morgan fingerprint density at radius 3 is 2.68 bits per heavy atom. The lowest BCUT2D eigenvalue weighted by Gasteiger charge is -2.38. The lowest BCUT2D eigenvalue weighted by Crippen LogP contribution is -2.49. The molecule has 0 amide bonds. The summed E-state index contributed by atoms with van der Waals surface area (Å²) in [7, 11) is 1.62. The smallest absolute Gasteiger partial charge is 0.191 e. The highest BCUT2D eigenvalue weighted by atomic mass is 127. The van der Waals surface area contributed by atoms with Crippen LogP contribution in [0.3, 0.4) is 0 Å². The molecule has 0 unspecified atom stereocenters. The number of hydrogen-bond donors (Lipinski definition) is 3. The van der Waals surface area contributed by atoms with Gasteiger partial charge in [0.2, 0.25) is 0 Å². The van der Waals surface area contributed by atoms with Gasteiger partial charge in [0.05, 0.1) is 38.9 Å². The maximum absolute atomic E-state index is 9.46. The molecule has 0 aliphatic carbocycles. The van der Waals surface area contributed by atoms with Crippen LogP contribution in [-0.4, -0.2) is 57.6 Å². The van der Waals surface area contributed by atoms with Crippen LogP contribution in [0.5, 0.6) is 5.75 Å². The van der Waals surface area contributed by atoms with E-state index in [4.69, 9.17) is 21.1 Å². The molecule has 25 heavy (non-hydrogen) atoms. The summed E-state index contributed by atoms with van der Waals surface area (Å²) in [6.07, 6.45) is 0.779. The number of aliphatic hydroxyl groups excluding tert-OH is 1. The summed E-state index contributed by atoms with van der Waals surface area (Å²) in [6, 6.07) is 5.69. The van der Waals surface area contributed by atoms with E-state index < -0.39 is 0 Å². The van der Waals surface area contributed by atoms with Gasteiger partial charge in [-0.2, -0.15) is 0 Å². The van der Waals surface area contributed by atoms with Crippen LogP contribution >= 0.6 is 35.6 Å². The topological polar surface area (TPSA) is 75.1 Å². The Labute approximate surface area is 171 Å². The average molecular weight is 484 g/mol.